The molecule has 3 aromatic rings. The highest BCUT2D eigenvalue weighted by Crippen LogP contribution is 2.41. The van der Waals surface area contributed by atoms with E-state index in [0.29, 0.717) is 27.7 Å². The van der Waals surface area contributed by atoms with E-state index in [2.05, 4.69) is 0 Å². The standard InChI is InChI=1S/C23H17ClO3/c1-14-7-12-19(24)20(13-14)27-23-18-6-4-3-5-17(18)22(25)21(23)15-8-10-16(26-2)11-9-15/h3-13H,1-2H3. The second kappa shape index (κ2) is 6.93. The minimum absolute atomic E-state index is 0.0606. The Bertz CT molecular complexity index is 1070. The number of allylic oxidation sites excluding steroid dienone is 1. The molecule has 4 heteroatoms. The van der Waals surface area contributed by atoms with E-state index in [-0.39, 0.29) is 5.78 Å². The molecule has 3 nitrogen and oxygen atoms in total. The predicted octanol–water partition coefficient (Wildman–Crippen LogP) is 5.80. The van der Waals surface area contributed by atoms with Gasteiger partial charge in [-0.1, -0.05) is 54.1 Å². The molecule has 0 heterocycles. The maximum Gasteiger partial charge on any atom is 0.198 e. The van der Waals surface area contributed by atoms with Gasteiger partial charge < -0.3 is 9.47 Å². The number of methoxy groups -OCH3 is 1. The molecule has 0 aliphatic heterocycles. The molecule has 0 saturated carbocycles. The highest BCUT2D eigenvalue weighted by Gasteiger charge is 2.32. The predicted molar refractivity (Wildman–Crippen MR) is 107 cm³/mol. The number of Topliss-reactive ketones (excluding diaryl/α,β-unsaturated/α-hetero) is 1. The molecule has 27 heavy (non-hydrogen) atoms. The van der Waals surface area contributed by atoms with Crippen LogP contribution in [0.15, 0.2) is 66.7 Å². The molecule has 0 amide bonds. The van der Waals surface area contributed by atoms with E-state index in [4.69, 9.17) is 21.1 Å². The Hall–Kier alpha value is -3.04. The first kappa shape index (κ1) is 17.4. The fraction of sp³-hybridized carbons (Fsp3) is 0.0870. The summed E-state index contributed by atoms with van der Waals surface area (Å²) in [5.41, 5.74) is 3.72. The molecule has 0 radical (unpaired) electrons. The number of halogens is 1. The van der Waals surface area contributed by atoms with Crippen molar-refractivity contribution in [2.45, 2.75) is 6.92 Å². The van der Waals surface area contributed by atoms with Gasteiger partial charge in [0.1, 0.15) is 17.3 Å². The Morgan fingerprint density at radius 1 is 0.889 bits per heavy atom. The fourth-order valence-corrected chi connectivity index (χ4v) is 3.33. The quantitative estimate of drug-likeness (QED) is 0.577. The third kappa shape index (κ3) is 3.11. The average Bonchev–Trinajstić information content (AvgIpc) is 2.97. The van der Waals surface area contributed by atoms with Gasteiger partial charge in [-0.15, -0.1) is 0 Å². The van der Waals surface area contributed by atoms with Crippen molar-refractivity contribution < 1.29 is 14.3 Å². The first-order valence-corrected chi connectivity index (χ1v) is 8.93. The van der Waals surface area contributed by atoms with E-state index >= 15 is 0 Å². The zero-order valence-electron chi connectivity index (χ0n) is 15.0. The normalized spacial score (nSPS) is 12.9. The fourth-order valence-electron chi connectivity index (χ4n) is 3.18. The zero-order valence-corrected chi connectivity index (χ0v) is 15.7. The minimum atomic E-state index is -0.0606. The molecule has 3 aromatic carbocycles. The van der Waals surface area contributed by atoms with Gasteiger partial charge in [0, 0.05) is 11.1 Å². The first-order chi connectivity index (χ1) is 13.1. The maximum absolute atomic E-state index is 13.1. The van der Waals surface area contributed by atoms with Gasteiger partial charge in [-0.05, 0) is 42.3 Å². The van der Waals surface area contributed by atoms with Crippen molar-refractivity contribution in [1.29, 1.82) is 0 Å². The van der Waals surface area contributed by atoms with Crippen molar-refractivity contribution in [2.75, 3.05) is 7.11 Å². The smallest absolute Gasteiger partial charge is 0.198 e. The second-order valence-corrected chi connectivity index (χ2v) is 6.75. The van der Waals surface area contributed by atoms with Crippen LogP contribution in [-0.4, -0.2) is 12.9 Å². The molecule has 0 bridgehead atoms. The summed E-state index contributed by atoms with van der Waals surface area (Å²) in [6, 6.07) is 20.4. The number of hydrogen-bond acceptors (Lipinski definition) is 3. The van der Waals surface area contributed by atoms with Crippen molar-refractivity contribution in [1.82, 2.24) is 0 Å². The molecular formula is C23H17ClO3. The molecule has 4 rings (SSSR count). The zero-order chi connectivity index (χ0) is 19.0. The van der Waals surface area contributed by atoms with Crippen LogP contribution in [0.25, 0.3) is 11.3 Å². The Labute approximate surface area is 162 Å². The summed E-state index contributed by atoms with van der Waals surface area (Å²) in [6.07, 6.45) is 0. The Morgan fingerprint density at radius 2 is 1.59 bits per heavy atom. The summed E-state index contributed by atoms with van der Waals surface area (Å²) < 4.78 is 11.4. The van der Waals surface area contributed by atoms with Gasteiger partial charge in [0.05, 0.1) is 17.7 Å². The number of hydrogen-bond donors (Lipinski definition) is 0. The third-order valence-corrected chi connectivity index (χ3v) is 4.86. The topological polar surface area (TPSA) is 35.5 Å². The lowest BCUT2D eigenvalue weighted by atomic mass is 10.0. The lowest BCUT2D eigenvalue weighted by Gasteiger charge is -2.12. The van der Waals surface area contributed by atoms with E-state index in [1.54, 1.807) is 13.2 Å². The molecule has 1 aliphatic carbocycles. The van der Waals surface area contributed by atoms with Crippen LogP contribution >= 0.6 is 11.6 Å². The highest BCUT2D eigenvalue weighted by molar-refractivity contribution is 6.39. The number of rotatable bonds is 4. The van der Waals surface area contributed by atoms with Crippen LogP contribution in [0.3, 0.4) is 0 Å². The molecule has 1 aliphatic rings. The summed E-state index contributed by atoms with van der Waals surface area (Å²) in [5, 5.41) is 0.499. The summed E-state index contributed by atoms with van der Waals surface area (Å²) in [6.45, 7) is 1.97. The third-order valence-electron chi connectivity index (χ3n) is 4.55. The van der Waals surface area contributed by atoms with Crippen LogP contribution in [-0.2, 0) is 0 Å². The van der Waals surface area contributed by atoms with Gasteiger partial charge in [-0.3, -0.25) is 4.79 Å². The summed E-state index contributed by atoms with van der Waals surface area (Å²) in [5.74, 6) is 1.72. The molecule has 0 N–H and O–H groups in total. The van der Waals surface area contributed by atoms with E-state index < -0.39 is 0 Å². The number of benzene rings is 3. The van der Waals surface area contributed by atoms with Crippen LogP contribution in [0.4, 0.5) is 0 Å². The lowest BCUT2D eigenvalue weighted by Crippen LogP contribution is -2.00. The van der Waals surface area contributed by atoms with Crippen LogP contribution in [0.2, 0.25) is 5.02 Å². The lowest BCUT2D eigenvalue weighted by molar-refractivity contribution is 0.105. The number of aryl methyl sites for hydroxylation is 1. The van der Waals surface area contributed by atoms with Crippen molar-refractivity contribution in [3.05, 3.63) is 94.0 Å². The Balaban J connectivity index is 1.88. The Kier molecular flexibility index (Phi) is 4.46. The highest BCUT2D eigenvalue weighted by atomic mass is 35.5. The van der Waals surface area contributed by atoms with Crippen molar-refractivity contribution >= 4 is 28.7 Å². The molecule has 0 saturated heterocycles. The van der Waals surface area contributed by atoms with Crippen LogP contribution in [0.1, 0.15) is 27.0 Å². The van der Waals surface area contributed by atoms with Gasteiger partial charge in [0.2, 0.25) is 0 Å². The SMILES string of the molecule is COc1ccc(C2=C(Oc3cc(C)ccc3Cl)c3ccccc3C2=O)cc1. The van der Waals surface area contributed by atoms with E-state index in [0.717, 1.165) is 22.4 Å². The molecule has 134 valence electrons. The van der Waals surface area contributed by atoms with Crippen LogP contribution in [0, 0.1) is 6.92 Å². The molecule has 0 spiro atoms. The number of carbonyl (C=O) groups excluding carboxylic acids is 1. The van der Waals surface area contributed by atoms with Gasteiger partial charge >= 0.3 is 0 Å². The van der Waals surface area contributed by atoms with Crippen molar-refractivity contribution in [3.63, 3.8) is 0 Å². The second-order valence-electron chi connectivity index (χ2n) is 6.34. The summed E-state index contributed by atoms with van der Waals surface area (Å²) in [7, 11) is 1.61. The Morgan fingerprint density at radius 3 is 2.30 bits per heavy atom. The average molecular weight is 377 g/mol. The van der Waals surface area contributed by atoms with E-state index in [9.17, 15) is 4.79 Å². The van der Waals surface area contributed by atoms with Gasteiger partial charge in [0.25, 0.3) is 0 Å². The maximum atomic E-state index is 13.1. The summed E-state index contributed by atoms with van der Waals surface area (Å²) in [4.78, 5) is 13.1. The van der Waals surface area contributed by atoms with Crippen LogP contribution in [0.5, 0.6) is 11.5 Å². The van der Waals surface area contributed by atoms with Crippen molar-refractivity contribution in [2.24, 2.45) is 0 Å². The molecule has 0 aromatic heterocycles. The van der Waals surface area contributed by atoms with Crippen LogP contribution < -0.4 is 9.47 Å². The first-order valence-electron chi connectivity index (χ1n) is 8.55. The van der Waals surface area contributed by atoms with Crippen molar-refractivity contribution in [3.8, 4) is 11.5 Å². The summed E-state index contributed by atoms with van der Waals surface area (Å²) >= 11 is 6.32. The number of carbonyl (C=O) groups is 1. The molecule has 0 fully saturated rings. The van der Waals surface area contributed by atoms with Gasteiger partial charge in [0.15, 0.2) is 5.78 Å². The number of ether oxygens (including phenoxy) is 2. The number of fused-ring (bicyclic) bond motifs is 1. The molecule has 0 atom stereocenters. The largest absolute Gasteiger partial charge is 0.497 e. The molecular weight excluding hydrogens is 360 g/mol. The minimum Gasteiger partial charge on any atom is -0.497 e. The monoisotopic (exact) mass is 376 g/mol. The number of ketones is 1. The van der Waals surface area contributed by atoms with E-state index in [1.807, 2.05) is 67.6 Å². The van der Waals surface area contributed by atoms with Gasteiger partial charge in [-0.25, -0.2) is 0 Å². The van der Waals surface area contributed by atoms with E-state index in [1.165, 1.54) is 0 Å². The molecule has 0 unspecified atom stereocenters. The van der Waals surface area contributed by atoms with Gasteiger partial charge in [-0.2, -0.15) is 0 Å².